The van der Waals surface area contributed by atoms with Gasteiger partial charge >= 0.3 is 10.2 Å². The molecule has 5 heteroatoms. The summed E-state index contributed by atoms with van der Waals surface area (Å²) in [6, 6.07) is 5.46. The van der Waals surface area contributed by atoms with Gasteiger partial charge in [0.2, 0.25) is 0 Å². The molecule has 0 aliphatic carbocycles. The Morgan fingerprint density at radius 1 is 1.43 bits per heavy atom. The van der Waals surface area contributed by atoms with Crippen molar-refractivity contribution in [1.29, 1.82) is 0 Å². The molecule has 0 fully saturated rings. The highest BCUT2D eigenvalue weighted by molar-refractivity contribution is 9.10. The molecule has 0 saturated heterocycles. The quantitative estimate of drug-likeness (QED) is 0.798. The Bertz CT molecular complexity index is 428. The van der Waals surface area contributed by atoms with Crippen molar-refractivity contribution in [2.45, 2.75) is 13.3 Å². The summed E-state index contributed by atoms with van der Waals surface area (Å²) in [4.78, 5) is 0. The summed E-state index contributed by atoms with van der Waals surface area (Å²) in [5, 5.41) is 0. The Morgan fingerprint density at radius 3 is 2.64 bits per heavy atom. The number of halogens is 2. The lowest BCUT2D eigenvalue weighted by molar-refractivity contribution is 0.551. The minimum atomic E-state index is -4.37. The second kappa shape index (κ2) is 4.40. The van der Waals surface area contributed by atoms with Gasteiger partial charge in [-0.05, 0) is 30.5 Å². The van der Waals surface area contributed by atoms with E-state index in [-0.39, 0.29) is 6.42 Å². The van der Waals surface area contributed by atoms with Crippen molar-refractivity contribution in [2.75, 3.05) is 5.75 Å². The summed E-state index contributed by atoms with van der Waals surface area (Å²) in [7, 11) is -4.37. The molecule has 1 aromatic carbocycles. The van der Waals surface area contributed by atoms with E-state index in [1.165, 1.54) is 0 Å². The van der Waals surface area contributed by atoms with E-state index in [9.17, 15) is 12.3 Å². The van der Waals surface area contributed by atoms with Crippen LogP contribution in [0.5, 0.6) is 0 Å². The molecule has 0 heterocycles. The molecule has 0 aliphatic rings. The fourth-order valence-corrected chi connectivity index (χ4v) is 2.03. The Balaban J connectivity index is 2.83. The lowest BCUT2D eigenvalue weighted by atomic mass is 10.1. The number of benzene rings is 1. The van der Waals surface area contributed by atoms with Crippen molar-refractivity contribution in [2.24, 2.45) is 0 Å². The van der Waals surface area contributed by atoms with Gasteiger partial charge in [0.25, 0.3) is 0 Å². The van der Waals surface area contributed by atoms with Crippen LogP contribution < -0.4 is 0 Å². The van der Waals surface area contributed by atoms with Gasteiger partial charge < -0.3 is 0 Å². The topological polar surface area (TPSA) is 34.1 Å². The third-order valence-corrected chi connectivity index (χ3v) is 3.55. The second-order valence-electron chi connectivity index (χ2n) is 3.02. The maximum absolute atomic E-state index is 12.3. The van der Waals surface area contributed by atoms with Crippen LogP contribution in [0.25, 0.3) is 0 Å². The van der Waals surface area contributed by atoms with Crippen molar-refractivity contribution in [3.63, 3.8) is 0 Å². The fraction of sp³-hybridized carbons (Fsp3) is 0.333. The molecule has 78 valence electrons. The third kappa shape index (κ3) is 3.38. The lowest BCUT2D eigenvalue weighted by Crippen LogP contribution is -2.03. The second-order valence-corrected chi connectivity index (χ2v) is 5.36. The van der Waals surface area contributed by atoms with Crippen LogP contribution in [-0.2, 0) is 16.6 Å². The predicted octanol–water partition coefficient (Wildman–Crippen LogP) is 2.60. The van der Waals surface area contributed by atoms with Gasteiger partial charge in [-0.2, -0.15) is 8.42 Å². The van der Waals surface area contributed by atoms with E-state index in [1.807, 2.05) is 13.0 Å². The molecule has 0 atom stereocenters. The van der Waals surface area contributed by atoms with E-state index in [1.54, 1.807) is 12.1 Å². The number of rotatable bonds is 3. The van der Waals surface area contributed by atoms with E-state index < -0.39 is 16.0 Å². The van der Waals surface area contributed by atoms with Crippen LogP contribution in [0.1, 0.15) is 11.1 Å². The van der Waals surface area contributed by atoms with Crippen LogP contribution in [0.4, 0.5) is 3.89 Å². The molecular formula is C9H10BrFO2S. The van der Waals surface area contributed by atoms with Crippen molar-refractivity contribution in [3.8, 4) is 0 Å². The molecule has 14 heavy (non-hydrogen) atoms. The molecule has 0 aromatic heterocycles. The van der Waals surface area contributed by atoms with Gasteiger partial charge in [0, 0.05) is 4.47 Å². The van der Waals surface area contributed by atoms with Crippen LogP contribution in [-0.4, -0.2) is 14.2 Å². The number of hydrogen-bond acceptors (Lipinski definition) is 2. The van der Waals surface area contributed by atoms with E-state index in [4.69, 9.17) is 0 Å². The van der Waals surface area contributed by atoms with Crippen LogP contribution in [0, 0.1) is 6.92 Å². The van der Waals surface area contributed by atoms with Crippen molar-refractivity contribution >= 4 is 26.2 Å². The van der Waals surface area contributed by atoms with E-state index in [2.05, 4.69) is 15.9 Å². The first-order valence-electron chi connectivity index (χ1n) is 4.06. The Labute approximate surface area is 91.5 Å². The monoisotopic (exact) mass is 280 g/mol. The molecule has 0 radical (unpaired) electrons. The Kier molecular flexibility index (Phi) is 3.66. The van der Waals surface area contributed by atoms with E-state index >= 15 is 0 Å². The zero-order chi connectivity index (χ0) is 10.8. The van der Waals surface area contributed by atoms with Crippen LogP contribution in [0.2, 0.25) is 0 Å². The summed E-state index contributed by atoms with van der Waals surface area (Å²) in [6.07, 6.45) is 0.212. The minimum Gasteiger partial charge on any atom is -0.195 e. The molecule has 2 nitrogen and oxygen atoms in total. The zero-order valence-corrected chi connectivity index (χ0v) is 10.0. The maximum atomic E-state index is 12.3. The average Bonchev–Trinajstić information content (AvgIpc) is 2.06. The SMILES string of the molecule is Cc1c(Br)cccc1CCS(=O)(=O)F. The van der Waals surface area contributed by atoms with Gasteiger partial charge in [-0.1, -0.05) is 28.1 Å². The van der Waals surface area contributed by atoms with E-state index in [0.29, 0.717) is 0 Å². The van der Waals surface area contributed by atoms with Gasteiger partial charge in [0.05, 0.1) is 5.75 Å². The normalized spacial score (nSPS) is 11.6. The first-order valence-corrected chi connectivity index (χ1v) is 6.41. The third-order valence-electron chi connectivity index (χ3n) is 2.00. The summed E-state index contributed by atoms with van der Waals surface area (Å²) in [5.74, 6) is -0.454. The predicted molar refractivity (Wildman–Crippen MR) is 57.5 cm³/mol. The Morgan fingerprint density at radius 2 is 2.07 bits per heavy atom. The molecule has 1 rings (SSSR count). The zero-order valence-electron chi connectivity index (χ0n) is 7.63. The first kappa shape index (κ1) is 11.7. The standard InChI is InChI=1S/C9H10BrFO2S/c1-7-8(3-2-4-9(7)10)5-6-14(11,12)13/h2-4H,5-6H2,1H3. The van der Waals surface area contributed by atoms with Gasteiger partial charge in [0.1, 0.15) is 0 Å². The van der Waals surface area contributed by atoms with Gasteiger partial charge in [-0.25, -0.2) is 0 Å². The number of hydrogen-bond donors (Lipinski definition) is 0. The highest BCUT2D eigenvalue weighted by Crippen LogP contribution is 2.20. The van der Waals surface area contributed by atoms with Crippen LogP contribution in [0.15, 0.2) is 22.7 Å². The first-order chi connectivity index (χ1) is 6.40. The van der Waals surface area contributed by atoms with Crippen molar-refractivity contribution in [1.82, 2.24) is 0 Å². The summed E-state index contributed by atoms with van der Waals surface area (Å²) in [6.45, 7) is 1.87. The van der Waals surface area contributed by atoms with Crippen molar-refractivity contribution < 1.29 is 12.3 Å². The van der Waals surface area contributed by atoms with Crippen molar-refractivity contribution in [3.05, 3.63) is 33.8 Å². The molecule has 0 amide bonds. The fourth-order valence-electron chi connectivity index (χ4n) is 1.15. The lowest BCUT2D eigenvalue weighted by Gasteiger charge is -2.05. The largest absolute Gasteiger partial charge is 0.302 e. The molecular weight excluding hydrogens is 271 g/mol. The van der Waals surface area contributed by atoms with Gasteiger partial charge in [-0.3, -0.25) is 0 Å². The molecule has 0 spiro atoms. The highest BCUT2D eigenvalue weighted by atomic mass is 79.9. The maximum Gasteiger partial charge on any atom is 0.302 e. The summed E-state index contributed by atoms with van der Waals surface area (Å²) >= 11 is 3.32. The Hall–Kier alpha value is -0.420. The van der Waals surface area contributed by atoms with Crippen LogP contribution >= 0.6 is 15.9 Å². The summed E-state index contributed by atoms with van der Waals surface area (Å²) in [5.41, 5.74) is 1.80. The average molecular weight is 281 g/mol. The molecule has 0 bridgehead atoms. The summed E-state index contributed by atoms with van der Waals surface area (Å²) < 4.78 is 33.8. The van der Waals surface area contributed by atoms with Gasteiger partial charge in [0.15, 0.2) is 0 Å². The molecule has 0 unspecified atom stereocenters. The van der Waals surface area contributed by atoms with Crippen LogP contribution in [0.3, 0.4) is 0 Å². The highest BCUT2D eigenvalue weighted by Gasteiger charge is 2.09. The number of aryl methyl sites for hydroxylation is 1. The molecule has 0 N–H and O–H groups in total. The smallest absolute Gasteiger partial charge is 0.195 e. The molecule has 0 aliphatic heterocycles. The van der Waals surface area contributed by atoms with Gasteiger partial charge in [-0.15, -0.1) is 3.89 Å². The molecule has 0 saturated carbocycles. The minimum absolute atomic E-state index is 0.212. The van der Waals surface area contributed by atoms with E-state index in [0.717, 1.165) is 15.6 Å². The molecule has 1 aromatic rings.